The van der Waals surface area contributed by atoms with Gasteiger partial charge < -0.3 is 15.4 Å². The molecule has 2 rings (SSSR count). The summed E-state index contributed by atoms with van der Waals surface area (Å²) in [6.45, 7) is 2.11. The van der Waals surface area contributed by atoms with Crippen molar-refractivity contribution in [1.82, 2.24) is 4.98 Å². The van der Waals surface area contributed by atoms with Crippen LogP contribution in [0.2, 0.25) is 0 Å². The summed E-state index contributed by atoms with van der Waals surface area (Å²) in [5, 5.41) is 13.4. The second-order valence-corrected chi connectivity index (χ2v) is 4.42. The Kier molecular flexibility index (Phi) is 3.85. The third kappa shape index (κ3) is 2.93. The molecule has 100 valence electrons. The van der Waals surface area contributed by atoms with E-state index in [9.17, 15) is 9.59 Å². The predicted octanol–water partition coefficient (Wildman–Crippen LogP) is 2.05. The first-order chi connectivity index (χ1) is 9.11. The highest BCUT2D eigenvalue weighted by atomic mass is 16.4. The molecule has 5 nitrogen and oxygen atoms in total. The van der Waals surface area contributed by atoms with Gasteiger partial charge in [-0.3, -0.25) is 9.59 Å². The molecular weight excluding hydrogens is 244 g/mol. The summed E-state index contributed by atoms with van der Waals surface area (Å²) in [5.74, 6) is -0.753. The predicted molar refractivity (Wildman–Crippen MR) is 74.5 cm³/mol. The fraction of sp³-hybridized carbons (Fsp3) is 0.286. The van der Waals surface area contributed by atoms with Crippen LogP contribution >= 0.6 is 0 Å². The number of anilines is 1. The van der Waals surface area contributed by atoms with Gasteiger partial charge in [-0.1, -0.05) is 25.1 Å². The highest BCUT2D eigenvalue weighted by Gasteiger charge is 2.14. The molecule has 19 heavy (non-hydrogen) atoms. The molecular formula is C14H16N2O3. The number of aliphatic carboxylic acids is 1. The van der Waals surface area contributed by atoms with E-state index in [0.717, 1.165) is 5.39 Å². The van der Waals surface area contributed by atoms with Crippen LogP contribution in [0, 0.1) is 5.92 Å². The molecule has 0 spiro atoms. The van der Waals surface area contributed by atoms with Crippen molar-refractivity contribution in [3.8, 4) is 0 Å². The molecule has 3 N–H and O–H groups in total. The largest absolute Gasteiger partial charge is 0.481 e. The van der Waals surface area contributed by atoms with Gasteiger partial charge in [-0.15, -0.1) is 0 Å². The Morgan fingerprint density at radius 1 is 1.42 bits per heavy atom. The summed E-state index contributed by atoms with van der Waals surface area (Å²) in [4.78, 5) is 25.5. The minimum Gasteiger partial charge on any atom is -0.481 e. The monoisotopic (exact) mass is 260 g/mol. The van der Waals surface area contributed by atoms with E-state index in [2.05, 4.69) is 10.3 Å². The summed E-state index contributed by atoms with van der Waals surface area (Å²) in [6.07, 6.45) is 0.542. The van der Waals surface area contributed by atoms with Gasteiger partial charge in [0.25, 0.3) is 5.56 Å². The third-order valence-electron chi connectivity index (χ3n) is 3.13. The Morgan fingerprint density at radius 2 is 2.16 bits per heavy atom. The molecule has 1 heterocycles. The Morgan fingerprint density at radius 3 is 2.84 bits per heavy atom. The Hall–Kier alpha value is -2.30. The molecule has 0 fully saturated rings. The van der Waals surface area contributed by atoms with Crippen LogP contribution in [-0.2, 0) is 4.79 Å². The number of aromatic amines is 1. The van der Waals surface area contributed by atoms with Gasteiger partial charge in [-0.2, -0.15) is 0 Å². The van der Waals surface area contributed by atoms with Crippen molar-refractivity contribution >= 4 is 22.6 Å². The summed E-state index contributed by atoms with van der Waals surface area (Å²) in [7, 11) is 0. The van der Waals surface area contributed by atoms with E-state index >= 15 is 0 Å². The molecule has 0 aliphatic carbocycles. The van der Waals surface area contributed by atoms with Crippen molar-refractivity contribution in [3.63, 3.8) is 0 Å². The summed E-state index contributed by atoms with van der Waals surface area (Å²) in [5.41, 5.74) is -0.177. The maximum Gasteiger partial charge on any atom is 0.308 e. The average Bonchev–Trinajstić information content (AvgIpc) is 2.39. The smallest absolute Gasteiger partial charge is 0.308 e. The number of carboxylic acids is 1. The first-order valence-corrected chi connectivity index (χ1v) is 6.20. The molecule has 1 atom stereocenters. The van der Waals surface area contributed by atoms with Gasteiger partial charge in [-0.25, -0.2) is 0 Å². The van der Waals surface area contributed by atoms with E-state index in [1.807, 2.05) is 31.2 Å². The number of rotatable bonds is 5. The fourth-order valence-electron chi connectivity index (χ4n) is 1.95. The normalized spacial score (nSPS) is 12.3. The summed E-state index contributed by atoms with van der Waals surface area (Å²) >= 11 is 0. The van der Waals surface area contributed by atoms with Crippen LogP contribution in [0.5, 0.6) is 0 Å². The van der Waals surface area contributed by atoms with Gasteiger partial charge in [0.2, 0.25) is 0 Å². The highest BCUT2D eigenvalue weighted by Crippen LogP contribution is 2.13. The minimum absolute atomic E-state index is 0.177. The van der Waals surface area contributed by atoms with Crippen LogP contribution in [0.3, 0.4) is 0 Å². The maximum atomic E-state index is 11.8. The molecule has 0 amide bonds. The molecule has 0 saturated heterocycles. The van der Waals surface area contributed by atoms with E-state index in [4.69, 9.17) is 5.11 Å². The van der Waals surface area contributed by atoms with Crippen molar-refractivity contribution in [2.24, 2.45) is 5.92 Å². The zero-order valence-corrected chi connectivity index (χ0v) is 10.6. The topological polar surface area (TPSA) is 82.2 Å². The highest BCUT2D eigenvalue weighted by molar-refractivity contribution is 5.83. The average molecular weight is 260 g/mol. The lowest BCUT2D eigenvalue weighted by molar-refractivity contribution is -0.141. The number of H-pyrrole nitrogens is 1. The first kappa shape index (κ1) is 13.1. The number of pyridine rings is 1. The quantitative estimate of drug-likeness (QED) is 0.768. The lowest BCUT2D eigenvalue weighted by atomic mass is 10.1. The van der Waals surface area contributed by atoms with Crippen LogP contribution < -0.4 is 10.9 Å². The number of aromatic nitrogens is 1. The SMILES string of the molecule is CCC(CNc1cc2ccccc2c(=O)[nH]1)C(=O)O. The number of hydrogen-bond donors (Lipinski definition) is 3. The Balaban J connectivity index is 2.22. The van der Waals surface area contributed by atoms with Crippen molar-refractivity contribution in [2.45, 2.75) is 13.3 Å². The number of fused-ring (bicyclic) bond motifs is 1. The van der Waals surface area contributed by atoms with Gasteiger partial charge in [0.15, 0.2) is 0 Å². The van der Waals surface area contributed by atoms with Gasteiger partial charge in [0, 0.05) is 11.9 Å². The van der Waals surface area contributed by atoms with Gasteiger partial charge in [0.1, 0.15) is 5.82 Å². The van der Waals surface area contributed by atoms with E-state index in [1.54, 1.807) is 6.07 Å². The van der Waals surface area contributed by atoms with E-state index < -0.39 is 11.9 Å². The van der Waals surface area contributed by atoms with E-state index in [-0.39, 0.29) is 5.56 Å². The van der Waals surface area contributed by atoms with Crippen molar-refractivity contribution < 1.29 is 9.90 Å². The molecule has 5 heteroatoms. The van der Waals surface area contributed by atoms with Crippen molar-refractivity contribution in [1.29, 1.82) is 0 Å². The molecule has 0 aliphatic heterocycles. The number of nitrogens with one attached hydrogen (secondary N) is 2. The number of benzene rings is 1. The van der Waals surface area contributed by atoms with Crippen molar-refractivity contribution in [3.05, 3.63) is 40.7 Å². The standard InChI is InChI=1S/C14H16N2O3/c1-2-9(14(18)19)8-15-12-7-10-5-3-4-6-11(10)13(17)16-12/h3-7,9H,2,8H2,1H3,(H,18,19)(H2,15,16,17). The van der Waals surface area contributed by atoms with E-state index in [1.165, 1.54) is 0 Å². The lowest BCUT2D eigenvalue weighted by Crippen LogP contribution is -2.23. The molecule has 1 unspecified atom stereocenters. The van der Waals surface area contributed by atoms with Crippen LogP contribution in [0.4, 0.5) is 5.82 Å². The van der Waals surface area contributed by atoms with Gasteiger partial charge >= 0.3 is 5.97 Å². The number of carboxylic acid groups (broad SMARTS) is 1. The molecule has 1 aromatic heterocycles. The van der Waals surface area contributed by atoms with Gasteiger partial charge in [0.05, 0.1) is 5.92 Å². The minimum atomic E-state index is -0.835. The van der Waals surface area contributed by atoms with E-state index in [0.29, 0.717) is 24.2 Å². The molecule has 0 saturated carbocycles. The van der Waals surface area contributed by atoms with Crippen LogP contribution in [0.1, 0.15) is 13.3 Å². The zero-order valence-electron chi connectivity index (χ0n) is 10.6. The number of hydrogen-bond acceptors (Lipinski definition) is 3. The molecule has 1 aromatic carbocycles. The maximum absolute atomic E-state index is 11.8. The fourth-order valence-corrected chi connectivity index (χ4v) is 1.95. The first-order valence-electron chi connectivity index (χ1n) is 6.20. The molecule has 0 bridgehead atoms. The molecule has 0 aliphatic rings. The Bertz CT molecular complexity index is 648. The summed E-state index contributed by atoms with van der Waals surface area (Å²) < 4.78 is 0. The summed E-state index contributed by atoms with van der Waals surface area (Å²) in [6, 6.07) is 9.08. The zero-order chi connectivity index (χ0) is 13.8. The molecule has 2 aromatic rings. The third-order valence-corrected chi connectivity index (χ3v) is 3.13. The second-order valence-electron chi connectivity index (χ2n) is 4.42. The van der Waals surface area contributed by atoms with Crippen LogP contribution in [0.15, 0.2) is 35.1 Å². The molecule has 0 radical (unpaired) electrons. The van der Waals surface area contributed by atoms with Crippen molar-refractivity contribution in [2.75, 3.05) is 11.9 Å². The Labute approximate surface area is 110 Å². The van der Waals surface area contributed by atoms with Crippen LogP contribution in [-0.4, -0.2) is 22.6 Å². The lowest BCUT2D eigenvalue weighted by Gasteiger charge is -2.12. The van der Waals surface area contributed by atoms with Gasteiger partial charge in [-0.05, 0) is 23.9 Å². The second kappa shape index (κ2) is 5.56. The number of carbonyl (C=O) groups is 1. The van der Waals surface area contributed by atoms with Crippen LogP contribution in [0.25, 0.3) is 10.8 Å².